The second-order valence-corrected chi connectivity index (χ2v) is 6.05. The van der Waals surface area contributed by atoms with Crippen molar-refractivity contribution < 1.29 is 0 Å². The van der Waals surface area contributed by atoms with Crippen LogP contribution in [-0.4, -0.2) is 25.9 Å². The maximum atomic E-state index is 6.34. The van der Waals surface area contributed by atoms with Gasteiger partial charge in [0, 0.05) is 6.54 Å². The van der Waals surface area contributed by atoms with Crippen LogP contribution >= 0.6 is 23.1 Å². The van der Waals surface area contributed by atoms with Gasteiger partial charge < -0.3 is 5.32 Å². The van der Waals surface area contributed by atoms with Gasteiger partial charge in [-0.25, -0.2) is 0 Å². The van der Waals surface area contributed by atoms with E-state index >= 15 is 0 Å². The Bertz CT molecular complexity index is 563. The highest BCUT2D eigenvalue weighted by Crippen LogP contribution is 2.34. The van der Waals surface area contributed by atoms with Crippen molar-refractivity contribution in [2.75, 3.05) is 6.54 Å². The molecule has 20 heavy (non-hydrogen) atoms. The van der Waals surface area contributed by atoms with Crippen LogP contribution in [0.3, 0.4) is 0 Å². The summed E-state index contributed by atoms with van der Waals surface area (Å²) in [5.74, 6) is 0.335. The Morgan fingerprint density at radius 1 is 1.40 bits per heavy atom. The molecule has 7 heteroatoms. The van der Waals surface area contributed by atoms with Gasteiger partial charge >= 0.3 is 0 Å². The molecule has 1 unspecified atom stereocenters. The molecule has 0 saturated carbocycles. The van der Waals surface area contributed by atoms with Gasteiger partial charge in [-0.3, -0.25) is 4.68 Å². The maximum Gasteiger partial charge on any atom is 0.0892 e. The lowest BCUT2D eigenvalue weighted by Crippen LogP contribution is -2.25. The van der Waals surface area contributed by atoms with Crippen molar-refractivity contribution in [2.45, 2.75) is 46.2 Å². The second kappa shape index (κ2) is 6.65. The molecular weight excluding hydrogens is 294 g/mol. The van der Waals surface area contributed by atoms with Crippen LogP contribution in [0.1, 0.15) is 55.9 Å². The van der Waals surface area contributed by atoms with E-state index < -0.39 is 0 Å². The van der Waals surface area contributed by atoms with Gasteiger partial charge in [-0.2, -0.15) is 5.10 Å². The fourth-order valence-corrected chi connectivity index (χ4v) is 3.37. The molecular formula is C13H20ClN5S. The second-order valence-electron chi connectivity index (χ2n) is 4.86. The average molecular weight is 314 g/mol. The summed E-state index contributed by atoms with van der Waals surface area (Å²) in [6.45, 7) is 10.0. The Balaban J connectivity index is 2.50. The van der Waals surface area contributed by atoms with E-state index in [9.17, 15) is 0 Å². The highest BCUT2D eigenvalue weighted by atomic mass is 35.5. The highest BCUT2D eigenvalue weighted by Gasteiger charge is 2.27. The molecule has 0 aliphatic heterocycles. The lowest BCUT2D eigenvalue weighted by atomic mass is 10.0. The number of aromatic nitrogens is 4. The van der Waals surface area contributed by atoms with Crippen LogP contribution in [0.4, 0.5) is 0 Å². The lowest BCUT2D eigenvalue weighted by Gasteiger charge is -2.19. The molecule has 2 rings (SSSR count). The normalized spacial score (nSPS) is 13.1. The zero-order valence-electron chi connectivity index (χ0n) is 12.2. The van der Waals surface area contributed by atoms with Crippen LogP contribution in [0.5, 0.6) is 0 Å². The van der Waals surface area contributed by atoms with Crippen LogP contribution in [0.15, 0.2) is 6.20 Å². The molecule has 0 fully saturated rings. The number of nitrogens with zero attached hydrogens (tertiary/aromatic N) is 4. The third-order valence-corrected chi connectivity index (χ3v) is 4.26. The standard InChI is InChI=1S/C13H20ClN5S/c1-5-15-11(12-9(14)7-16-19(12)6-2)13-10(8(3)4)17-18-20-13/h7-8,11,15H,5-6H2,1-4H3. The summed E-state index contributed by atoms with van der Waals surface area (Å²) in [5, 5.41) is 12.8. The lowest BCUT2D eigenvalue weighted by molar-refractivity contribution is 0.542. The molecule has 5 nitrogen and oxygen atoms in total. The van der Waals surface area contributed by atoms with Crippen molar-refractivity contribution in [3.63, 3.8) is 0 Å². The summed E-state index contributed by atoms with van der Waals surface area (Å²) in [6.07, 6.45) is 1.70. The topological polar surface area (TPSA) is 55.6 Å². The number of halogens is 1. The van der Waals surface area contributed by atoms with Crippen molar-refractivity contribution in [3.05, 3.63) is 27.5 Å². The zero-order chi connectivity index (χ0) is 14.7. The number of aryl methyl sites for hydroxylation is 1. The first kappa shape index (κ1) is 15.4. The van der Waals surface area contributed by atoms with Gasteiger partial charge in [0.25, 0.3) is 0 Å². The molecule has 1 atom stereocenters. The quantitative estimate of drug-likeness (QED) is 0.889. The van der Waals surface area contributed by atoms with Crippen LogP contribution in [0.2, 0.25) is 5.02 Å². The highest BCUT2D eigenvalue weighted by molar-refractivity contribution is 7.05. The molecule has 0 aliphatic rings. The Labute approximate surface area is 128 Å². The largest absolute Gasteiger partial charge is 0.304 e. The smallest absolute Gasteiger partial charge is 0.0892 e. The van der Waals surface area contributed by atoms with E-state index in [1.807, 2.05) is 4.68 Å². The molecule has 0 spiro atoms. The van der Waals surface area contributed by atoms with E-state index in [4.69, 9.17) is 11.6 Å². The Hall–Kier alpha value is -0.980. The van der Waals surface area contributed by atoms with E-state index in [2.05, 4.69) is 47.7 Å². The summed E-state index contributed by atoms with van der Waals surface area (Å²) in [6, 6.07) is -0.00708. The Morgan fingerprint density at radius 2 is 2.15 bits per heavy atom. The number of hydrogen-bond donors (Lipinski definition) is 1. The van der Waals surface area contributed by atoms with E-state index in [1.165, 1.54) is 11.5 Å². The van der Waals surface area contributed by atoms with Gasteiger partial charge in [0.15, 0.2) is 0 Å². The molecule has 2 aromatic heterocycles. The van der Waals surface area contributed by atoms with Gasteiger partial charge in [0.2, 0.25) is 0 Å². The molecule has 0 amide bonds. The molecule has 0 aliphatic carbocycles. The van der Waals surface area contributed by atoms with Gasteiger partial charge in [-0.05, 0) is 30.9 Å². The maximum absolute atomic E-state index is 6.34. The van der Waals surface area contributed by atoms with Gasteiger partial charge in [0.05, 0.1) is 33.5 Å². The number of hydrogen-bond acceptors (Lipinski definition) is 5. The van der Waals surface area contributed by atoms with Crippen molar-refractivity contribution in [2.24, 2.45) is 0 Å². The molecule has 2 aromatic rings. The minimum absolute atomic E-state index is 0.00708. The summed E-state index contributed by atoms with van der Waals surface area (Å²) in [5.41, 5.74) is 2.02. The molecule has 2 heterocycles. The first-order valence-electron chi connectivity index (χ1n) is 6.86. The van der Waals surface area contributed by atoms with Crippen LogP contribution in [-0.2, 0) is 6.54 Å². The van der Waals surface area contributed by atoms with Crippen molar-refractivity contribution in [3.8, 4) is 0 Å². The van der Waals surface area contributed by atoms with Crippen molar-refractivity contribution in [1.82, 2.24) is 24.7 Å². The average Bonchev–Trinajstić information content (AvgIpc) is 3.02. The first-order chi connectivity index (χ1) is 9.60. The SMILES string of the molecule is CCNC(c1snnc1C(C)C)c1c(Cl)cnn1CC. The Kier molecular flexibility index (Phi) is 5.12. The predicted octanol–water partition coefficient (Wildman–Crippen LogP) is 3.23. The third-order valence-electron chi connectivity index (χ3n) is 3.16. The van der Waals surface area contributed by atoms with Crippen LogP contribution in [0, 0.1) is 0 Å². The van der Waals surface area contributed by atoms with Crippen LogP contribution in [0.25, 0.3) is 0 Å². The summed E-state index contributed by atoms with van der Waals surface area (Å²) in [7, 11) is 0. The van der Waals surface area contributed by atoms with E-state index in [0.29, 0.717) is 10.9 Å². The molecule has 0 bridgehead atoms. The zero-order valence-corrected chi connectivity index (χ0v) is 13.8. The van der Waals surface area contributed by atoms with Crippen molar-refractivity contribution in [1.29, 1.82) is 0 Å². The Morgan fingerprint density at radius 3 is 2.75 bits per heavy atom. The first-order valence-corrected chi connectivity index (χ1v) is 8.01. The van der Waals surface area contributed by atoms with Gasteiger partial charge in [-0.15, -0.1) is 5.10 Å². The molecule has 110 valence electrons. The monoisotopic (exact) mass is 313 g/mol. The van der Waals surface area contributed by atoms with Crippen LogP contribution < -0.4 is 5.32 Å². The van der Waals surface area contributed by atoms with Crippen molar-refractivity contribution >= 4 is 23.1 Å². The molecule has 0 saturated heterocycles. The summed E-state index contributed by atoms with van der Waals surface area (Å²) in [4.78, 5) is 1.12. The third kappa shape index (κ3) is 2.87. The predicted molar refractivity (Wildman–Crippen MR) is 82.4 cm³/mol. The van der Waals surface area contributed by atoms with E-state index in [-0.39, 0.29) is 6.04 Å². The minimum atomic E-state index is -0.00708. The van der Waals surface area contributed by atoms with E-state index in [1.54, 1.807) is 6.20 Å². The molecule has 0 aromatic carbocycles. The van der Waals surface area contributed by atoms with Gasteiger partial charge in [0.1, 0.15) is 0 Å². The van der Waals surface area contributed by atoms with E-state index in [0.717, 1.165) is 29.4 Å². The van der Waals surface area contributed by atoms with Gasteiger partial charge in [-0.1, -0.05) is 36.9 Å². The molecule has 1 N–H and O–H groups in total. The number of nitrogens with one attached hydrogen (secondary N) is 1. The molecule has 0 radical (unpaired) electrons. The summed E-state index contributed by atoms with van der Waals surface area (Å²) >= 11 is 7.77. The fourth-order valence-electron chi connectivity index (χ4n) is 2.23. The number of rotatable bonds is 6. The summed E-state index contributed by atoms with van der Waals surface area (Å²) < 4.78 is 6.05. The minimum Gasteiger partial charge on any atom is -0.304 e. The fraction of sp³-hybridized carbons (Fsp3) is 0.615.